The number of aldehydes is 1. The smallest absolute Gasteiger partial charge is 0.410 e. The van der Waals surface area contributed by atoms with E-state index in [2.05, 4.69) is 0 Å². The molecule has 4 heteroatoms. The molecule has 2 unspecified atom stereocenters. The number of likely N-dealkylation sites (N-methyl/N-ethyl adjacent to an activating group) is 1. The lowest BCUT2D eigenvalue weighted by Crippen LogP contribution is -2.33. The van der Waals surface area contributed by atoms with Crippen molar-refractivity contribution >= 4 is 12.4 Å². The second-order valence-electron chi connectivity index (χ2n) is 2.33. The Morgan fingerprint density at radius 2 is 2.30 bits per heavy atom. The largest absolute Gasteiger partial charge is 0.444 e. The van der Waals surface area contributed by atoms with Crippen LogP contribution in [0.3, 0.4) is 0 Å². The Morgan fingerprint density at radius 1 is 1.70 bits per heavy atom. The summed E-state index contributed by atoms with van der Waals surface area (Å²) >= 11 is 0. The third kappa shape index (κ3) is 0.853. The van der Waals surface area contributed by atoms with Gasteiger partial charge in [0.25, 0.3) is 0 Å². The predicted molar refractivity (Wildman–Crippen MR) is 33.6 cm³/mol. The van der Waals surface area contributed by atoms with E-state index in [1.807, 2.05) is 0 Å². The van der Waals surface area contributed by atoms with Crippen molar-refractivity contribution in [2.45, 2.75) is 19.1 Å². The number of carbonyl (C=O) groups is 2. The average Bonchev–Trinajstić information content (AvgIpc) is 2.09. The summed E-state index contributed by atoms with van der Waals surface area (Å²) in [5, 5.41) is 0. The van der Waals surface area contributed by atoms with E-state index in [-0.39, 0.29) is 6.10 Å². The zero-order valence-corrected chi connectivity index (χ0v) is 5.90. The highest BCUT2D eigenvalue weighted by molar-refractivity contribution is 5.77. The van der Waals surface area contributed by atoms with E-state index in [9.17, 15) is 9.59 Å². The molecule has 1 amide bonds. The van der Waals surface area contributed by atoms with Gasteiger partial charge in [-0.3, -0.25) is 4.90 Å². The first-order chi connectivity index (χ1) is 4.66. The lowest BCUT2D eigenvalue weighted by Gasteiger charge is -2.10. The van der Waals surface area contributed by atoms with Crippen LogP contribution in [0.2, 0.25) is 0 Å². The minimum atomic E-state index is -0.426. The van der Waals surface area contributed by atoms with Gasteiger partial charge >= 0.3 is 6.09 Å². The summed E-state index contributed by atoms with van der Waals surface area (Å²) in [6.07, 6.45) is -0.0187. The number of amides is 1. The molecule has 0 aromatic carbocycles. The molecule has 1 heterocycles. The van der Waals surface area contributed by atoms with E-state index < -0.39 is 12.1 Å². The van der Waals surface area contributed by atoms with Gasteiger partial charge in [0.15, 0.2) is 0 Å². The molecule has 0 saturated carbocycles. The van der Waals surface area contributed by atoms with Crippen molar-refractivity contribution < 1.29 is 14.3 Å². The van der Waals surface area contributed by atoms with Crippen molar-refractivity contribution in [2.75, 3.05) is 7.05 Å². The summed E-state index contributed by atoms with van der Waals surface area (Å²) in [6.45, 7) is 1.69. The summed E-state index contributed by atoms with van der Waals surface area (Å²) in [5.41, 5.74) is 0. The van der Waals surface area contributed by atoms with Gasteiger partial charge in [0.1, 0.15) is 18.4 Å². The maximum absolute atomic E-state index is 10.7. The van der Waals surface area contributed by atoms with Crippen molar-refractivity contribution in [3.63, 3.8) is 0 Å². The number of hydrogen-bond donors (Lipinski definition) is 0. The van der Waals surface area contributed by atoms with Gasteiger partial charge in [-0.05, 0) is 6.92 Å². The van der Waals surface area contributed by atoms with Crippen molar-refractivity contribution in [1.82, 2.24) is 4.90 Å². The van der Waals surface area contributed by atoms with Crippen LogP contribution >= 0.6 is 0 Å². The fourth-order valence-electron chi connectivity index (χ4n) is 0.950. The minimum Gasteiger partial charge on any atom is -0.444 e. The van der Waals surface area contributed by atoms with Gasteiger partial charge in [-0.25, -0.2) is 4.79 Å². The summed E-state index contributed by atoms with van der Waals surface area (Å²) in [4.78, 5) is 22.3. The Labute approximate surface area is 58.8 Å². The Hall–Kier alpha value is -1.06. The molecule has 0 spiro atoms. The minimum absolute atomic E-state index is 0.310. The monoisotopic (exact) mass is 143 g/mol. The molecule has 2 atom stereocenters. The second kappa shape index (κ2) is 2.28. The number of nitrogens with zero attached hydrogens (tertiary/aromatic N) is 1. The molecule has 1 aliphatic rings. The molecule has 4 nitrogen and oxygen atoms in total. The second-order valence-corrected chi connectivity index (χ2v) is 2.33. The van der Waals surface area contributed by atoms with Crippen LogP contribution in [-0.4, -0.2) is 36.5 Å². The van der Waals surface area contributed by atoms with Crippen LogP contribution in [-0.2, 0) is 9.53 Å². The first-order valence-electron chi connectivity index (χ1n) is 3.05. The highest BCUT2D eigenvalue weighted by Crippen LogP contribution is 2.14. The van der Waals surface area contributed by atoms with Crippen molar-refractivity contribution in [3.8, 4) is 0 Å². The Morgan fingerprint density at radius 3 is 2.50 bits per heavy atom. The maximum Gasteiger partial charge on any atom is 0.410 e. The predicted octanol–water partition coefficient (Wildman–Crippen LogP) is 0.0244. The topological polar surface area (TPSA) is 46.6 Å². The van der Waals surface area contributed by atoms with E-state index in [1.165, 1.54) is 4.90 Å². The van der Waals surface area contributed by atoms with Crippen molar-refractivity contribution in [2.24, 2.45) is 0 Å². The first-order valence-corrected chi connectivity index (χ1v) is 3.05. The molecule has 1 fully saturated rings. The third-order valence-corrected chi connectivity index (χ3v) is 1.64. The van der Waals surface area contributed by atoms with Crippen molar-refractivity contribution in [3.05, 3.63) is 0 Å². The number of carbonyl (C=O) groups excluding carboxylic acids is 2. The standard InChI is InChI=1S/C6H9NO3/c1-4-5(3-8)7(2)6(9)10-4/h3-5H,1-2H3. The fraction of sp³-hybridized carbons (Fsp3) is 0.667. The van der Waals surface area contributed by atoms with Gasteiger partial charge in [-0.2, -0.15) is 0 Å². The molecular formula is C6H9NO3. The van der Waals surface area contributed by atoms with Gasteiger partial charge in [0, 0.05) is 7.05 Å². The highest BCUT2D eigenvalue weighted by atomic mass is 16.6. The number of ether oxygens (including phenoxy) is 1. The average molecular weight is 143 g/mol. The van der Waals surface area contributed by atoms with Crippen LogP contribution in [0.5, 0.6) is 0 Å². The molecule has 10 heavy (non-hydrogen) atoms. The molecule has 0 N–H and O–H groups in total. The molecule has 1 aliphatic heterocycles. The zero-order chi connectivity index (χ0) is 7.72. The van der Waals surface area contributed by atoms with E-state index in [4.69, 9.17) is 4.74 Å². The van der Waals surface area contributed by atoms with Crippen molar-refractivity contribution in [1.29, 1.82) is 0 Å². The van der Waals surface area contributed by atoms with E-state index in [0.29, 0.717) is 0 Å². The fourth-order valence-corrected chi connectivity index (χ4v) is 0.950. The lowest BCUT2D eigenvalue weighted by molar-refractivity contribution is -0.111. The van der Waals surface area contributed by atoms with Crippen LogP contribution in [0.25, 0.3) is 0 Å². The summed E-state index contributed by atoms with van der Waals surface area (Å²) < 4.78 is 4.73. The maximum atomic E-state index is 10.7. The van der Waals surface area contributed by atoms with Gasteiger partial charge < -0.3 is 9.53 Å². The molecule has 0 aromatic rings. The van der Waals surface area contributed by atoms with E-state index in [0.717, 1.165) is 6.29 Å². The SMILES string of the molecule is CC1OC(=O)N(C)C1C=O. The van der Waals surface area contributed by atoms with E-state index in [1.54, 1.807) is 14.0 Å². The normalized spacial score (nSPS) is 32.2. The number of cyclic esters (lactones) is 1. The molecule has 56 valence electrons. The molecular weight excluding hydrogens is 134 g/mol. The Balaban J connectivity index is 2.73. The Bertz CT molecular complexity index is 168. The summed E-state index contributed by atoms with van der Waals surface area (Å²) in [5.74, 6) is 0. The number of hydrogen-bond acceptors (Lipinski definition) is 3. The molecule has 0 aliphatic carbocycles. The van der Waals surface area contributed by atoms with Gasteiger partial charge in [0.2, 0.25) is 0 Å². The molecule has 0 aromatic heterocycles. The van der Waals surface area contributed by atoms with Crippen LogP contribution in [0.4, 0.5) is 4.79 Å². The van der Waals surface area contributed by atoms with Crippen LogP contribution < -0.4 is 0 Å². The molecule has 0 radical (unpaired) electrons. The summed E-state index contributed by atoms with van der Waals surface area (Å²) in [7, 11) is 1.55. The molecule has 1 saturated heterocycles. The van der Waals surface area contributed by atoms with Gasteiger partial charge in [0.05, 0.1) is 0 Å². The Kier molecular flexibility index (Phi) is 1.61. The van der Waals surface area contributed by atoms with Crippen LogP contribution in [0.15, 0.2) is 0 Å². The third-order valence-electron chi connectivity index (χ3n) is 1.64. The van der Waals surface area contributed by atoms with Crippen LogP contribution in [0.1, 0.15) is 6.92 Å². The van der Waals surface area contributed by atoms with E-state index >= 15 is 0 Å². The van der Waals surface area contributed by atoms with Gasteiger partial charge in [-0.15, -0.1) is 0 Å². The first kappa shape index (κ1) is 7.05. The quantitative estimate of drug-likeness (QED) is 0.486. The molecule has 0 bridgehead atoms. The molecule has 1 rings (SSSR count). The zero-order valence-electron chi connectivity index (χ0n) is 5.90. The lowest BCUT2D eigenvalue weighted by atomic mass is 10.2. The van der Waals surface area contributed by atoms with Gasteiger partial charge in [-0.1, -0.05) is 0 Å². The number of rotatable bonds is 1. The highest BCUT2D eigenvalue weighted by Gasteiger charge is 2.35. The van der Waals surface area contributed by atoms with Crippen LogP contribution in [0, 0.1) is 0 Å². The summed E-state index contributed by atoms with van der Waals surface area (Å²) in [6, 6.07) is -0.410.